The Morgan fingerprint density at radius 2 is 1.82 bits per heavy atom. The van der Waals surface area contributed by atoms with Gasteiger partial charge in [-0.25, -0.2) is 4.98 Å². The standard InChI is InChI=1S/C21H26BN5O6/c28-19(27-8-10-33-11-9-27)13-16(25-21(30)17-14-23-6-7-24-17)20(29)26-18(22(31)32)12-15-4-2-1-3-5-15/h1-7,14,16,18,31-32H,8-13H2,(H,25,30)(H,26,29). The van der Waals surface area contributed by atoms with Gasteiger partial charge in [-0.3, -0.25) is 19.4 Å². The van der Waals surface area contributed by atoms with E-state index in [0.29, 0.717) is 26.3 Å². The monoisotopic (exact) mass is 455 g/mol. The largest absolute Gasteiger partial charge is 0.475 e. The predicted octanol–water partition coefficient (Wildman–Crippen LogP) is -1.44. The summed E-state index contributed by atoms with van der Waals surface area (Å²) in [5.41, 5.74) is 0.762. The van der Waals surface area contributed by atoms with Gasteiger partial charge in [0.15, 0.2) is 0 Å². The van der Waals surface area contributed by atoms with Gasteiger partial charge in [-0.15, -0.1) is 0 Å². The highest BCUT2D eigenvalue weighted by Gasteiger charge is 2.32. The van der Waals surface area contributed by atoms with Gasteiger partial charge in [0, 0.05) is 25.5 Å². The molecule has 1 aromatic carbocycles. The highest BCUT2D eigenvalue weighted by atomic mass is 16.5. The Balaban J connectivity index is 1.73. The van der Waals surface area contributed by atoms with Gasteiger partial charge in [-0.05, 0) is 12.0 Å². The summed E-state index contributed by atoms with van der Waals surface area (Å²) < 4.78 is 5.25. The molecule has 2 atom stereocenters. The van der Waals surface area contributed by atoms with E-state index in [4.69, 9.17) is 4.74 Å². The van der Waals surface area contributed by atoms with Gasteiger partial charge in [-0.2, -0.15) is 0 Å². The maximum absolute atomic E-state index is 13.1. The van der Waals surface area contributed by atoms with Crippen LogP contribution in [0.4, 0.5) is 0 Å². The summed E-state index contributed by atoms with van der Waals surface area (Å²) in [6.45, 7) is 1.56. The minimum Gasteiger partial charge on any atom is -0.426 e. The van der Waals surface area contributed by atoms with Crippen LogP contribution < -0.4 is 10.6 Å². The maximum atomic E-state index is 13.1. The van der Waals surface area contributed by atoms with Crippen LogP contribution in [-0.2, 0) is 20.7 Å². The Morgan fingerprint density at radius 1 is 1.09 bits per heavy atom. The van der Waals surface area contributed by atoms with Crippen LogP contribution in [0.1, 0.15) is 22.5 Å². The van der Waals surface area contributed by atoms with Crippen LogP contribution >= 0.6 is 0 Å². The number of nitrogens with one attached hydrogen (secondary N) is 2. The van der Waals surface area contributed by atoms with Crippen molar-refractivity contribution < 1.29 is 29.2 Å². The molecule has 1 saturated heterocycles. The summed E-state index contributed by atoms with van der Waals surface area (Å²) in [6, 6.07) is 7.73. The SMILES string of the molecule is O=C(NC(CC(=O)N1CCOCC1)C(=O)NC(Cc1ccccc1)B(O)O)c1cnccn1. The molecule has 0 saturated carbocycles. The molecule has 1 fully saturated rings. The molecule has 0 radical (unpaired) electrons. The van der Waals surface area contributed by atoms with Gasteiger partial charge in [0.05, 0.1) is 31.8 Å². The van der Waals surface area contributed by atoms with Gasteiger partial charge in [-0.1, -0.05) is 30.3 Å². The fraction of sp³-hybridized carbons (Fsp3) is 0.381. The van der Waals surface area contributed by atoms with Crippen LogP contribution in [0.25, 0.3) is 0 Å². The summed E-state index contributed by atoms with van der Waals surface area (Å²) in [5, 5.41) is 24.7. The molecule has 12 heteroatoms. The van der Waals surface area contributed by atoms with E-state index >= 15 is 0 Å². The lowest BCUT2D eigenvalue weighted by Crippen LogP contribution is -2.56. The first-order valence-electron chi connectivity index (χ1n) is 10.6. The zero-order valence-electron chi connectivity index (χ0n) is 18.0. The molecular weight excluding hydrogens is 429 g/mol. The molecule has 0 bridgehead atoms. The van der Waals surface area contributed by atoms with Crippen molar-refractivity contribution in [2.75, 3.05) is 26.3 Å². The fourth-order valence-electron chi connectivity index (χ4n) is 3.36. The van der Waals surface area contributed by atoms with E-state index in [9.17, 15) is 24.4 Å². The van der Waals surface area contributed by atoms with E-state index in [-0.39, 0.29) is 24.4 Å². The number of hydrogen-bond acceptors (Lipinski definition) is 8. The van der Waals surface area contributed by atoms with Crippen LogP contribution in [0.2, 0.25) is 0 Å². The summed E-state index contributed by atoms with van der Waals surface area (Å²) >= 11 is 0. The van der Waals surface area contributed by atoms with E-state index in [1.165, 1.54) is 18.6 Å². The van der Waals surface area contributed by atoms with Gasteiger partial charge in [0.1, 0.15) is 11.7 Å². The minimum atomic E-state index is -1.85. The number of morpholine rings is 1. The summed E-state index contributed by atoms with van der Waals surface area (Å²) in [5.74, 6) is -2.78. The number of hydrogen-bond donors (Lipinski definition) is 4. The Bertz CT molecular complexity index is 927. The van der Waals surface area contributed by atoms with Crippen molar-refractivity contribution in [3.8, 4) is 0 Å². The molecule has 1 aromatic heterocycles. The number of carbonyl (C=O) groups is 3. The number of amides is 3. The molecule has 11 nitrogen and oxygen atoms in total. The Morgan fingerprint density at radius 3 is 2.45 bits per heavy atom. The molecule has 0 spiro atoms. The molecule has 3 amide bonds. The first-order valence-corrected chi connectivity index (χ1v) is 10.6. The second-order valence-electron chi connectivity index (χ2n) is 7.53. The third-order valence-electron chi connectivity index (χ3n) is 5.15. The Hall–Kier alpha value is -3.35. The topological polar surface area (TPSA) is 154 Å². The first kappa shape index (κ1) is 24.3. The highest BCUT2D eigenvalue weighted by Crippen LogP contribution is 2.08. The van der Waals surface area contributed by atoms with E-state index in [2.05, 4.69) is 20.6 Å². The smallest absolute Gasteiger partial charge is 0.426 e. The van der Waals surface area contributed by atoms with Crippen LogP contribution in [0, 0.1) is 0 Å². The highest BCUT2D eigenvalue weighted by molar-refractivity contribution is 6.43. The number of aromatic nitrogens is 2. The lowest BCUT2D eigenvalue weighted by atomic mass is 9.75. The van der Waals surface area contributed by atoms with Crippen LogP contribution in [-0.4, -0.2) is 88.0 Å². The van der Waals surface area contributed by atoms with Crippen LogP contribution in [0.15, 0.2) is 48.9 Å². The van der Waals surface area contributed by atoms with Crippen molar-refractivity contribution in [1.29, 1.82) is 0 Å². The molecule has 2 heterocycles. The van der Waals surface area contributed by atoms with E-state index < -0.39 is 30.9 Å². The average Bonchev–Trinajstić information content (AvgIpc) is 2.84. The van der Waals surface area contributed by atoms with E-state index in [1.807, 2.05) is 6.07 Å². The summed E-state index contributed by atoms with van der Waals surface area (Å²) in [6.07, 6.45) is 3.81. The molecule has 2 unspecified atom stereocenters. The first-order chi connectivity index (χ1) is 15.9. The van der Waals surface area contributed by atoms with Gasteiger partial charge < -0.3 is 30.3 Å². The minimum absolute atomic E-state index is 0.0165. The van der Waals surface area contributed by atoms with Crippen molar-refractivity contribution in [3.05, 3.63) is 60.2 Å². The van der Waals surface area contributed by atoms with E-state index in [0.717, 1.165) is 5.56 Å². The van der Waals surface area contributed by atoms with Crippen LogP contribution in [0.3, 0.4) is 0 Å². The molecular formula is C21H26BN5O6. The zero-order valence-corrected chi connectivity index (χ0v) is 18.0. The summed E-state index contributed by atoms with van der Waals surface area (Å²) in [4.78, 5) is 47.7. The van der Waals surface area contributed by atoms with Gasteiger partial charge in [0.25, 0.3) is 5.91 Å². The third-order valence-corrected chi connectivity index (χ3v) is 5.15. The number of nitrogens with zero attached hydrogens (tertiary/aromatic N) is 3. The van der Waals surface area contributed by atoms with Crippen molar-refractivity contribution in [2.24, 2.45) is 0 Å². The predicted molar refractivity (Wildman–Crippen MR) is 118 cm³/mol. The molecule has 3 rings (SSSR count). The molecule has 1 aliphatic rings. The van der Waals surface area contributed by atoms with Gasteiger partial charge >= 0.3 is 7.12 Å². The van der Waals surface area contributed by atoms with Gasteiger partial charge in [0.2, 0.25) is 11.8 Å². The quantitative estimate of drug-likeness (QED) is 0.336. The summed E-state index contributed by atoms with van der Waals surface area (Å²) in [7, 11) is -1.85. The Labute approximate surface area is 191 Å². The second kappa shape index (κ2) is 12.0. The molecule has 4 N–H and O–H groups in total. The van der Waals surface area contributed by atoms with Crippen molar-refractivity contribution in [2.45, 2.75) is 24.8 Å². The second-order valence-corrected chi connectivity index (χ2v) is 7.53. The van der Waals surface area contributed by atoms with Crippen molar-refractivity contribution >= 4 is 24.8 Å². The molecule has 2 aromatic rings. The molecule has 0 aliphatic carbocycles. The van der Waals surface area contributed by atoms with Crippen molar-refractivity contribution in [3.63, 3.8) is 0 Å². The number of rotatable bonds is 9. The molecule has 33 heavy (non-hydrogen) atoms. The fourth-order valence-corrected chi connectivity index (χ4v) is 3.36. The lowest BCUT2D eigenvalue weighted by molar-refractivity contribution is -0.138. The number of carbonyl (C=O) groups excluding carboxylic acids is 3. The number of benzene rings is 1. The van der Waals surface area contributed by atoms with E-state index in [1.54, 1.807) is 29.2 Å². The third kappa shape index (κ3) is 7.34. The molecule has 1 aliphatic heterocycles. The Kier molecular flexibility index (Phi) is 8.87. The van der Waals surface area contributed by atoms with Crippen molar-refractivity contribution in [1.82, 2.24) is 25.5 Å². The van der Waals surface area contributed by atoms with Crippen LogP contribution in [0.5, 0.6) is 0 Å². The normalized spacial score (nSPS) is 15.3. The zero-order chi connectivity index (χ0) is 23.6. The average molecular weight is 455 g/mol. The molecule has 174 valence electrons. The lowest BCUT2D eigenvalue weighted by Gasteiger charge is -2.29. The number of ether oxygens (including phenoxy) is 1. The maximum Gasteiger partial charge on any atom is 0.475 e.